The van der Waals surface area contributed by atoms with Crippen molar-refractivity contribution in [3.05, 3.63) is 48.5 Å². The maximum atomic E-state index is 5.34. The molecule has 0 bridgehead atoms. The van der Waals surface area contributed by atoms with Gasteiger partial charge in [0, 0.05) is 28.9 Å². The number of aliphatic imine (C=N–C) groups is 1. The third-order valence-corrected chi connectivity index (χ3v) is 4.36. The highest BCUT2D eigenvalue weighted by molar-refractivity contribution is 14.0. The molecule has 0 aromatic heterocycles. The minimum Gasteiger partial charge on any atom is -0.493 e. The van der Waals surface area contributed by atoms with Crippen LogP contribution in [0.5, 0.6) is 11.5 Å². The first-order valence-electron chi connectivity index (χ1n) is 8.22. The second-order valence-electron chi connectivity index (χ2n) is 5.12. The summed E-state index contributed by atoms with van der Waals surface area (Å²) in [5, 5.41) is 6.55. The number of thioether (sulfide) groups is 1. The monoisotopic (exact) mass is 487 g/mol. The summed E-state index contributed by atoms with van der Waals surface area (Å²) < 4.78 is 10.6. The van der Waals surface area contributed by atoms with E-state index >= 15 is 0 Å². The quantitative estimate of drug-likeness (QED) is 0.189. The van der Waals surface area contributed by atoms with E-state index in [0.29, 0.717) is 11.5 Å². The number of benzene rings is 2. The Kier molecular flexibility index (Phi) is 11.0. The third kappa shape index (κ3) is 7.33. The second-order valence-corrected chi connectivity index (χ2v) is 6.29. The van der Waals surface area contributed by atoms with Crippen LogP contribution in [0.3, 0.4) is 0 Å². The average Bonchev–Trinajstić information content (AvgIpc) is 2.66. The molecule has 0 unspecified atom stereocenters. The number of methoxy groups -OCH3 is 2. The van der Waals surface area contributed by atoms with Crippen molar-refractivity contribution in [3.8, 4) is 11.5 Å². The highest BCUT2D eigenvalue weighted by Gasteiger charge is 2.06. The largest absolute Gasteiger partial charge is 0.493 e. The van der Waals surface area contributed by atoms with E-state index in [2.05, 4.69) is 27.8 Å². The van der Waals surface area contributed by atoms with Gasteiger partial charge < -0.3 is 20.1 Å². The van der Waals surface area contributed by atoms with Crippen molar-refractivity contribution in [1.82, 2.24) is 5.32 Å². The van der Waals surface area contributed by atoms with Crippen LogP contribution in [-0.2, 0) is 0 Å². The molecule has 26 heavy (non-hydrogen) atoms. The molecule has 0 aliphatic heterocycles. The summed E-state index contributed by atoms with van der Waals surface area (Å²) in [4.78, 5) is 5.88. The van der Waals surface area contributed by atoms with Gasteiger partial charge in [-0.1, -0.05) is 18.2 Å². The molecule has 7 heteroatoms. The van der Waals surface area contributed by atoms with Crippen molar-refractivity contribution in [2.24, 2.45) is 4.99 Å². The summed E-state index contributed by atoms with van der Waals surface area (Å²) in [5.74, 6) is 3.06. The van der Waals surface area contributed by atoms with E-state index in [1.807, 2.05) is 43.3 Å². The molecule has 142 valence electrons. The molecule has 2 aromatic carbocycles. The van der Waals surface area contributed by atoms with Crippen LogP contribution in [0.25, 0.3) is 0 Å². The molecule has 0 atom stereocenters. The zero-order chi connectivity index (χ0) is 17.9. The van der Waals surface area contributed by atoms with Gasteiger partial charge in [0.15, 0.2) is 17.5 Å². The fraction of sp³-hybridized carbons (Fsp3) is 0.316. The summed E-state index contributed by atoms with van der Waals surface area (Å²) in [6, 6.07) is 16.1. The lowest BCUT2D eigenvalue weighted by Gasteiger charge is -2.13. The molecule has 2 N–H and O–H groups in total. The van der Waals surface area contributed by atoms with Gasteiger partial charge >= 0.3 is 0 Å². The Morgan fingerprint density at radius 3 is 2.42 bits per heavy atom. The van der Waals surface area contributed by atoms with E-state index < -0.39 is 0 Å². The molecule has 0 heterocycles. The van der Waals surface area contributed by atoms with E-state index in [-0.39, 0.29) is 24.0 Å². The number of anilines is 1. The molecule has 5 nitrogen and oxygen atoms in total. The van der Waals surface area contributed by atoms with E-state index in [0.717, 1.165) is 30.5 Å². The number of nitrogens with zero attached hydrogens (tertiary/aromatic N) is 1. The minimum absolute atomic E-state index is 0. The normalized spacial score (nSPS) is 10.7. The van der Waals surface area contributed by atoms with Crippen LogP contribution in [0, 0.1) is 0 Å². The van der Waals surface area contributed by atoms with Gasteiger partial charge in [0.25, 0.3) is 0 Å². The standard InChI is InChI=1S/C19H25N3O2S.HI/c1-4-20-19(21-12-13-25-16-8-6-5-7-9-16)22-15-10-11-17(23-2)18(14-15)24-3;/h5-11,14H,4,12-13H2,1-3H3,(H2,20,21,22);1H. The van der Waals surface area contributed by atoms with Crippen molar-refractivity contribution in [3.63, 3.8) is 0 Å². The molecule has 0 spiro atoms. The van der Waals surface area contributed by atoms with E-state index in [1.54, 1.807) is 26.0 Å². The van der Waals surface area contributed by atoms with Crippen LogP contribution >= 0.6 is 35.7 Å². The molecule has 0 fully saturated rings. The Balaban J connectivity index is 0.00000338. The molecule has 0 amide bonds. The Hall–Kier alpha value is -1.61. The SMILES string of the molecule is CCNC(=NCCSc1ccccc1)Nc1ccc(OC)c(OC)c1.I. The summed E-state index contributed by atoms with van der Waals surface area (Å²) >= 11 is 1.80. The molecule has 0 saturated heterocycles. The lowest BCUT2D eigenvalue weighted by atomic mass is 10.3. The maximum Gasteiger partial charge on any atom is 0.195 e. The molecule has 0 aliphatic carbocycles. The fourth-order valence-electron chi connectivity index (χ4n) is 2.20. The number of rotatable bonds is 8. The topological polar surface area (TPSA) is 54.9 Å². The molecule has 2 aromatic rings. The zero-order valence-electron chi connectivity index (χ0n) is 15.3. The van der Waals surface area contributed by atoms with Gasteiger partial charge in [-0.25, -0.2) is 0 Å². The Bertz CT molecular complexity index is 684. The number of hydrogen-bond donors (Lipinski definition) is 2. The van der Waals surface area contributed by atoms with Gasteiger partial charge in [-0.3, -0.25) is 4.99 Å². The van der Waals surface area contributed by atoms with Crippen LogP contribution in [0.1, 0.15) is 6.92 Å². The first kappa shape index (κ1) is 22.4. The predicted molar refractivity (Wildman–Crippen MR) is 122 cm³/mol. The Morgan fingerprint density at radius 2 is 1.77 bits per heavy atom. The van der Waals surface area contributed by atoms with E-state index in [9.17, 15) is 0 Å². The zero-order valence-corrected chi connectivity index (χ0v) is 18.5. The summed E-state index contributed by atoms with van der Waals surface area (Å²) in [7, 11) is 3.25. The minimum atomic E-state index is 0. The first-order valence-corrected chi connectivity index (χ1v) is 9.20. The number of ether oxygens (including phenoxy) is 2. The first-order chi connectivity index (χ1) is 12.3. The fourth-order valence-corrected chi connectivity index (χ4v) is 2.96. The van der Waals surface area contributed by atoms with Gasteiger partial charge in [-0.2, -0.15) is 0 Å². The molecular weight excluding hydrogens is 461 g/mol. The van der Waals surface area contributed by atoms with Crippen LogP contribution in [0.4, 0.5) is 5.69 Å². The van der Waals surface area contributed by atoms with Crippen LogP contribution in [0.15, 0.2) is 58.4 Å². The summed E-state index contributed by atoms with van der Waals surface area (Å²) in [5.41, 5.74) is 0.896. The average molecular weight is 487 g/mol. The third-order valence-electron chi connectivity index (χ3n) is 3.36. The highest BCUT2D eigenvalue weighted by atomic mass is 127. The maximum absolute atomic E-state index is 5.34. The Morgan fingerprint density at radius 1 is 1.04 bits per heavy atom. The Labute approximate surface area is 177 Å². The lowest BCUT2D eigenvalue weighted by molar-refractivity contribution is 0.355. The van der Waals surface area contributed by atoms with Crippen molar-refractivity contribution in [2.45, 2.75) is 11.8 Å². The molecular formula is C19H26IN3O2S. The predicted octanol–water partition coefficient (Wildman–Crippen LogP) is 4.49. The van der Waals surface area contributed by atoms with E-state index in [4.69, 9.17) is 9.47 Å². The van der Waals surface area contributed by atoms with Gasteiger partial charge in [-0.05, 0) is 31.2 Å². The molecule has 0 radical (unpaired) electrons. The number of halogens is 1. The van der Waals surface area contributed by atoms with Crippen LogP contribution < -0.4 is 20.1 Å². The number of guanidine groups is 1. The smallest absolute Gasteiger partial charge is 0.195 e. The van der Waals surface area contributed by atoms with Gasteiger partial charge in [0.1, 0.15) is 0 Å². The van der Waals surface area contributed by atoms with Crippen molar-refractivity contribution >= 4 is 47.4 Å². The summed E-state index contributed by atoms with van der Waals surface area (Å²) in [6.07, 6.45) is 0. The van der Waals surface area contributed by atoms with Crippen molar-refractivity contribution in [1.29, 1.82) is 0 Å². The molecule has 2 rings (SSSR count). The van der Waals surface area contributed by atoms with Crippen molar-refractivity contribution < 1.29 is 9.47 Å². The molecule has 0 aliphatic rings. The van der Waals surface area contributed by atoms with Crippen LogP contribution in [-0.4, -0.2) is 39.0 Å². The lowest BCUT2D eigenvalue weighted by Crippen LogP contribution is -2.30. The van der Waals surface area contributed by atoms with Crippen molar-refractivity contribution in [2.75, 3.05) is 38.4 Å². The van der Waals surface area contributed by atoms with Gasteiger partial charge in [0.2, 0.25) is 0 Å². The van der Waals surface area contributed by atoms with Gasteiger partial charge in [-0.15, -0.1) is 35.7 Å². The second kappa shape index (κ2) is 12.7. The highest BCUT2D eigenvalue weighted by Crippen LogP contribution is 2.29. The molecule has 0 saturated carbocycles. The van der Waals surface area contributed by atoms with E-state index in [1.165, 1.54) is 4.90 Å². The van der Waals surface area contributed by atoms with Crippen LogP contribution in [0.2, 0.25) is 0 Å². The number of nitrogens with one attached hydrogen (secondary N) is 2. The van der Waals surface area contributed by atoms with Gasteiger partial charge in [0.05, 0.1) is 20.8 Å². The number of hydrogen-bond acceptors (Lipinski definition) is 4. The summed E-state index contributed by atoms with van der Waals surface area (Å²) in [6.45, 7) is 3.57.